The SMILES string of the molecule is Cc1[nH]c(C(=O)N[C@@H]2CCNC[C@@H]2OCC2CC2)c(Br)c1Cl. The molecule has 2 aliphatic rings. The van der Waals surface area contributed by atoms with E-state index in [1.54, 1.807) is 0 Å². The molecule has 0 spiro atoms. The van der Waals surface area contributed by atoms with Crippen LogP contribution in [-0.2, 0) is 4.74 Å². The fourth-order valence-electron chi connectivity index (χ4n) is 2.68. The van der Waals surface area contributed by atoms with Crippen LogP contribution in [0.25, 0.3) is 0 Å². The Morgan fingerprint density at radius 1 is 1.45 bits per heavy atom. The molecule has 22 heavy (non-hydrogen) atoms. The predicted octanol–water partition coefficient (Wildman–Crippen LogP) is 2.63. The highest BCUT2D eigenvalue weighted by Gasteiger charge is 2.31. The monoisotopic (exact) mass is 389 g/mol. The van der Waals surface area contributed by atoms with Gasteiger partial charge in [-0.25, -0.2) is 0 Å². The molecule has 5 nitrogen and oxygen atoms in total. The number of hydrogen-bond acceptors (Lipinski definition) is 3. The average Bonchev–Trinajstić information content (AvgIpc) is 3.30. The van der Waals surface area contributed by atoms with Gasteiger partial charge in [-0.3, -0.25) is 4.79 Å². The summed E-state index contributed by atoms with van der Waals surface area (Å²) in [5.74, 6) is 0.575. The van der Waals surface area contributed by atoms with E-state index < -0.39 is 0 Å². The van der Waals surface area contributed by atoms with Gasteiger partial charge in [-0.05, 0) is 54.6 Å². The Balaban J connectivity index is 1.63. The van der Waals surface area contributed by atoms with Gasteiger partial charge in [-0.1, -0.05) is 11.6 Å². The van der Waals surface area contributed by atoms with Crippen LogP contribution in [0, 0.1) is 12.8 Å². The summed E-state index contributed by atoms with van der Waals surface area (Å²) in [5, 5.41) is 6.97. The van der Waals surface area contributed by atoms with Crippen molar-refractivity contribution in [3.05, 3.63) is 20.9 Å². The van der Waals surface area contributed by atoms with Gasteiger partial charge in [-0.15, -0.1) is 0 Å². The molecule has 3 N–H and O–H groups in total. The molecular formula is C15H21BrClN3O2. The van der Waals surface area contributed by atoms with E-state index in [1.165, 1.54) is 12.8 Å². The lowest BCUT2D eigenvalue weighted by Gasteiger charge is -2.32. The molecule has 2 atom stereocenters. The van der Waals surface area contributed by atoms with Crippen molar-refractivity contribution in [2.24, 2.45) is 5.92 Å². The van der Waals surface area contributed by atoms with Crippen LogP contribution >= 0.6 is 27.5 Å². The minimum atomic E-state index is -0.145. The largest absolute Gasteiger partial charge is 0.374 e. The number of halogens is 2. The molecule has 0 unspecified atom stereocenters. The zero-order chi connectivity index (χ0) is 15.7. The highest BCUT2D eigenvalue weighted by molar-refractivity contribution is 9.10. The second-order valence-electron chi connectivity index (χ2n) is 6.14. The highest BCUT2D eigenvalue weighted by Crippen LogP contribution is 2.31. The first-order valence-electron chi connectivity index (χ1n) is 7.73. The van der Waals surface area contributed by atoms with Crippen molar-refractivity contribution in [2.45, 2.75) is 38.3 Å². The third kappa shape index (κ3) is 3.67. The number of carbonyl (C=O) groups is 1. The molecule has 1 aliphatic heterocycles. The standard InChI is InChI=1S/C15H21BrClN3O2/c1-8-13(17)12(16)14(19-8)15(21)20-10-4-5-18-6-11(10)22-7-9-2-3-9/h9-11,18-19H,2-7H2,1H3,(H,20,21)/t10-,11+/m1/s1. The summed E-state index contributed by atoms with van der Waals surface area (Å²) in [6, 6.07) is 0.0294. The summed E-state index contributed by atoms with van der Waals surface area (Å²) >= 11 is 9.48. The number of aromatic amines is 1. The van der Waals surface area contributed by atoms with Crippen LogP contribution < -0.4 is 10.6 Å². The van der Waals surface area contributed by atoms with Crippen molar-refractivity contribution >= 4 is 33.4 Å². The van der Waals surface area contributed by atoms with Gasteiger partial charge in [-0.2, -0.15) is 0 Å². The number of piperidine rings is 1. The van der Waals surface area contributed by atoms with Gasteiger partial charge in [0, 0.05) is 18.8 Å². The van der Waals surface area contributed by atoms with Gasteiger partial charge in [0.15, 0.2) is 0 Å². The van der Waals surface area contributed by atoms with Crippen molar-refractivity contribution in [1.82, 2.24) is 15.6 Å². The van der Waals surface area contributed by atoms with Gasteiger partial charge in [0.25, 0.3) is 5.91 Å². The fourth-order valence-corrected chi connectivity index (χ4v) is 3.40. The lowest BCUT2D eigenvalue weighted by atomic mass is 10.0. The average molecular weight is 391 g/mol. The molecule has 1 aromatic rings. The van der Waals surface area contributed by atoms with Crippen molar-refractivity contribution in [1.29, 1.82) is 0 Å². The van der Waals surface area contributed by atoms with E-state index in [0.29, 0.717) is 15.2 Å². The van der Waals surface area contributed by atoms with Crippen molar-refractivity contribution in [3.8, 4) is 0 Å². The number of amides is 1. The van der Waals surface area contributed by atoms with Crippen molar-refractivity contribution in [2.75, 3.05) is 19.7 Å². The number of carbonyl (C=O) groups excluding carboxylic acids is 1. The summed E-state index contributed by atoms with van der Waals surface area (Å²) in [6.45, 7) is 4.31. The van der Waals surface area contributed by atoms with Crippen LogP contribution in [0.3, 0.4) is 0 Å². The van der Waals surface area contributed by atoms with E-state index in [0.717, 1.165) is 37.7 Å². The van der Waals surface area contributed by atoms with Crippen LogP contribution in [0.15, 0.2) is 4.47 Å². The lowest BCUT2D eigenvalue weighted by molar-refractivity contribution is 0.00854. The van der Waals surface area contributed by atoms with Crippen molar-refractivity contribution in [3.63, 3.8) is 0 Å². The second-order valence-corrected chi connectivity index (χ2v) is 7.31. The smallest absolute Gasteiger partial charge is 0.269 e. The molecule has 7 heteroatoms. The maximum absolute atomic E-state index is 12.5. The van der Waals surface area contributed by atoms with Gasteiger partial charge < -0.3 is 20.4 Å². The molecule has 0 aromatic carbocycles. The summed E-state index contributed by atoms with van der Waals surface area (Å²) < 4.78 is 6.61. The Morgan fingerprint density at radius 3 is 2.86 bits per heavy atom. The molecule has 2 heterocycles. The molecule has 2 fully saturated rings. The van der Waals surface area contributed by atoms with Gasteiger partial charge in [0.05, 0.1) is 21.6 Å². The fraction of sp³-hybridized carbons (Fsp3) is 0.667. The van der Waals surface area contributed by atoms with Crippen LogP contribution in [0.1, 0.15) is 35.4 Å². The zero-order valence-corrected chi connectivity index (χ0v) is 14.9. The molecule has 0 bridgehead atoms. The minimum absolute atomic E-state index is 0.0294. The number of aryl methyl sites for hydroxylation is 1. The topological polar surface area (TPSA) is 66.2 Å². The highest BCUT2D eigenvalue weighted by atomic mass is 79.9. The Bertz CT molecular complexity index is 559. The van der Waals surface area contributed by atoms with Crippen LogP contribution in [0.2, 0.25) is 5.02 Å². The maximum atomic E-state index is 12.5. The number of hydrogen-bond donors (Lipinski definition) is 3. The van der Waals surface area contributed by atoms with E-state index in [1.807, 2.05) is 6.92 Å². The molecule has 1 saturated carbocycles. The molecule has 1 aromatic heterocycles. The number of rotatable bonds is 5. The maximum Gasteiger partial charge on any atom is 0.269 e. The zero-order valence-electron chi connectivity index (χ0n) is 12.5. The van der Waals surface area contributed by atoms with Crippen LogP contribution in [0.4, 0.5) is 0 Å². The first-order valence-corrected chi connectivity index (χ1v) is 8.90. The Labute approximate surface area is 143 Å². The predicted molar refractivity (Wildman–Crippen MR) is 89.4 cm³/mol. The third-order valence-corrected chi connectivity index (χ3v) is 5.76. The summed E-state index contributed by atoms with van der Waals surface area (Å²) in [4.78, 5) is 15.5. The van der Waals surface area contributed by atoms with Gasteiger partial charge in [0.2, 0.25) is 0 Å². The number of ether oxygens (including phenoxy) is 1. The quantitative estimate of drug-likeness (QED) is 0.724. The molecule has 1 saturated heterocycles. The Morgan fingerprint density at radius 2 is 2.23 bits per heavy atom. The van der Waals surface area contributed by atoms with Gasteiger partial charge in [0.1, 0.15) is 5.69 Å². The van der Waals surface area contributed by atoms with E-state index >= 15 is 0 Å². The molecular weight excluding hydrogens is 370 g/mol. The molecule has 1 amide bonds. The molecule has 0 radical (unpaired) electrons. The van der Waals surface area contributed by atoms with E-state index in [-0.39, 0.29) is 18.1 Å². The molecule has 122 valence electrons. The second kappa shape index (κ2) is 6.91. The van der Waals surface area contributed by atoms with E-state index in [9.17, 15) is 4.79 Å². The molecule has 3 rings (SSSR count). The minimum Gasteiger partial charge on any atom is -0.374 e. The summed E-state index contributed by atoms with van der Waals surface area (Å²) in [6.07, 6.45) is 3.43. The Hall–Kier alpha value is -0.560. The lowest BCUT2D eigenvalue weighted by Crippen LogP contribution is -2.54. The Kier molecular flexibility index (Phi) is 5.12. The summed E-state index contributed by atoms with van der Waals surface area (Å²) in [5.41, 5.74) is 1.26. The number of aromatic nitrogens is 1. The summed E-state index contributed by atoms with van der Waals surface area (Å²) in [7, 11) is 0. The first kappa shape index (κ1) is 16.3. The third-order valence-electron chi connectivity index (χ3n) is 4.27. The van der Waals surface area contributed by atoms with Gasteiger partial charge >= 0.3 is 0 Å². The number of H-pyrrole nitrogens is 1. The van der Waals surface area contributed by atoms with E-state index in [4.69, 9.17) is 16.3 Å². The van der Waals surface area contributed by atoms with E-state index in [2.05, 4.69) is 31.5 Å². The van der Waals surface area contributed by atoms with Crippen LogP contribution in [-0.4, -0.2) is 42.7 Å². The number of nitrogens with one attached hydrogen (secondary N) is 3. The van der Waals surface area contributed by atoms with Crippen LogP contribution in [0.5, 0.6) is 0 Å². The molecule has 1 aliphatic carbocycles. The van der Waals surface area contributed by atoms with Crippen molar-refractivity contribution < 1.29 is 9.53 Å². The normalized spacial score (nSPS) is 25.2. The first-order chi connectivity index (χ1) is 10.6.